The molecule has 0 radical (unpaired) electrons. The Morgan fingerprint density at radius 2 is 2.28 bits per heavy atom. The molecule has 1 aliphatic rings. The second-order valence-electron chi connectivity index (χ2n) is 5.09. The van der Waals surface area contributed by atoms with Crippen molar-refractivity contribution in [3.8, 4) is 0 Å². The van der Waals surface area contributed by atoms with Crippen LogP contribution in [0.2, 0.25) is 0 Å². The molecule has 1 aliphatic carbocycles. The van der Waals surface area contributed by atoms with E-state index in [9.17, 15) is 9.90 Å². The largest absolute Gasteiger partial charge is 0.466 e. The van der Waals surface area contributed by atoms with Gasteiger partial charge >= 0.3 is 0 Å². The molecule has 0 spiro atoms. The number of aliphatic hydroxyl groups is 1. The van der Waals surface area contributed by atoms with Gasteiger partial charge in [-0.1, -0.05) is 6.42 Å². The van der Waals surface area contributed by atoms with Gasteiger partial charge in [-0.3, -0.25) is 4.79 Å². The van der Waals surface area contributed by atoms with Crippen LogP contribution < -0.4 is 5.32 Å². The van der Waals surface area contributed by atoms with Crippen LogP contribution in [0.15, 0.2) is 10.5 Å². The van der Waals surface area contributed by atoms with Crippen LogP contribution in [-0.4, -0.2) is 17.6 Å². The molecule has 0 bridgehead atoms. The van der Waals surface area contributed by atoms with Gasteiger partial charge in [-0.25, -0.2) is 0 Å². The Kier molecular flexibility index (Phi) is 4.07. The summed E-state index contributed by atoms with van der Waals surface area (Å²) >= 11 is 0. The number of hydrogen-bond acceptors (Lipinski definition) is 3. The van der Waals surface area contributed by atoms with E-state index in [0.29, 0.717) is 13.0 Å². The van der Waals surface area contributed by atoms with Crippen LogP contribution in [0.3, 0.4) is 0 Å². The third-order valence-corrected chi connectivity index (χ3v) is 3.63. The molecule has 1 heterocycles. The van der Waals surface area contributed by atoms with Gasteiger partial charge in [0.1, 0.15) is 11.5 Å². The predicted octanol–water partition coefficient (Wildman–Crippen LogP) is 2.24. The molecule has 1 unspecified atom stereocenters. The molecule has 4 heteroatoms. The number of rotatable bonds is 5. The molecule has 1 atom stereocenters. The molecule has 2 N–H and O–H groups in total. The van der Waals surface area contributed by atoms with Gasteiger partial charge in [-0.2, -0.15) is 0 Å². The maximum absolute atomic E-state index is 11.6. The summed E-state index contributed by atoms with van der Waals surface area (Å²) < 4.78 is 5.38. The molecule has 1 aromatic heterocycles. The summed E-state index contributed by atoms with van der Waals surface area (Å²) in [7, 11) is 0. The minimum absolute atomic E-state index is 0.133. The molecule has 0 aliphatic heterocycles. The molecule has 1 aromatic rings. The molecule has 4 nitrogen and oxygen atoms in total. The molecule has 18 heavy (non-hydrogen) atoms. The lowest BCUT2D eigenvalue weighted by atomic mass is 9.85. The predicted molar refractivity (Wildman–Crippen MR) is 68.1 cm³/mol. The number of aryl methyl sites for hydroxylation is 2. The van der Waals surface area contributed by atoms with Crippen molar-refractivity contribution in [2.24, 2.45) is 5.92 Å². The highest BCUT2D eigenvalue weighted by Gasteiger charge is 2.25. The molecule has 1 fully saturated rings. The van der Waals surface area contributed by atoms with Crippen molar-refractivity contribution in [2.75, 3.05) is 6.54 Å². The first kappa shape index (κ1) is 13.1. The standard InChI is InChI=1S/C14H21NO3/c1-9-8-12(10(2)18-9)13(16)6-7-15-14(17)11-4-3-5-11/h8,11,13,16H,3-7H2,1-2H3,(H,15,17). The average molecular weight is 251 g/mol. The number of aliphatic hydroxyl groups excluding tert-OH is 1. The Morgan fingerprint density at radius 3 is 2.78 bits per heavy atom. The minimum atomic E-state index is -0.566. The summed E-state index contributed by atoms with van der Waals surface area (Å²) in [6, 6.07) is 1.85. The monoisotopic (exact) mass is 251 g/mol. The Hall–Kier alpha value is -1.29. The van der Waals surface area contributed by atoms with E-state index >= 15 is 0 Å². The lowest BCUT2D eigenvalue weighted by molar-refractivity contribution is -0.127. The van der Waals surface area contributed by atoms with E-state index in [1.54, 1.807) is 0 Å². The second kappa shape index (κ2) is 5.57. The highest BCUT2D eigenvalue weighted by Crippen LogP contribution is 2.26. The molecule has 0 aromatic carbocycles. The van der Waals surface area contributed by atoms with E-state index < -0.39 is 6.10 Å². The summed E-state index contributed by atoms with van der Waals surface area (Å²) in [5.41, 5.74) is 0.824. The molecule has 2 rings (SSSR count). The van der Waals surface area contributed by atoms with Crippen LogP contribution in [0.1, 0.15) is 48.9 Å². The molecule has 0 saturated heterocycles. The highest BCUT2D eigenvalue weighted by molar-refractivity contribution is 5.79. The van der Waals surface area contributed by atoms with Crippen LogP contribution in [0.25, 0.3) is 0 Å². The lowest BCUT2D eigenvalue weighted by Crippen LogP contribution is -2.35. The van der Waals surface area contributed by atoms with Gasteiger partial charge in [0, 0.05) is 18.0 Å². The van der Waals surface area contributed by atoms with Crippen LogP contribution in [0.4, 0.5) is 0 Å². The number of carbonyl (C=O) groups is 1. The molecule has 100 valence electrons. The van der Waals surface area contributed by atoms with E-state index in [0.717, 1.165) is 36.3 Å². The van der Waals surface area contributed by atoms with Gasteiger partial charge in [0.2, 0.25) is 5.91 Å². The first-order valence-electron chi connectivity index (χ1n) is 6.60. The number of amides is 1. The molecular formula is C14H21NO3. The first-order chi connectivity index (χ1) is 8.58. The van der Waals surface area contributed by atoms with Crippen molar-refractivity contribution in [2.45, 2.75) is 45.6 Å². The molecule has 1 amide bonds. The van der Waals surface area contributed by atoms with Gasteiger partial charge in [-0.15, -0.1) is 0 Å². The Balaban J connectivity index is 1.76. The Morgan fingerprint density at radius 1 is 1.56 bits per heavy atom. The highest BCUT2D eigenvalue weighted by atomic mass is 16.3. The van der Waals surface area contributed by atoms with E-state index in [2.05, 4.69) is 5.32 Å². The summed E-state index contributed by atoms with van der Waals surface area (Å²) in [5.74, 6) is 1.90. The van der Waals surface area contributed by atoms with E-state index in [1.165, 1.54) is 0 Å². The molecular weight excluding hydrogens is 230 g/mol. The zero-order valence-corrected chi connectivity index (χ0v) is 11.0. The smallest absolute Gasteiger partial charge is 0.223 e. The van der Waals surface area contributed by atoms with Crippen molar-refractivity contribution in [1.29, 1.82) is 0 Å². The van der Waals surface area contributed by atoms with E-state index in [4.69, 9.17) is 4.42 Å². The third-order valence-electron chi connectivity index (χ3n) is 3.63. The number of nitrogens with one attached hydrogen (secondary N) is 1. The Labute approximate surface area is 107 Å². The quantitative estimate of drug-likeness (QED) is 0.843. The van der Waals surface area contributed by atoms with Crippen LogP contribution >= 0.6 is 0 Å². The maximum Gasteiger partial charge on any atom is 0.223 e. The van der Waals surface area contributed by atoms with E-state index in [-0.39, 0.29) is 11.8 Å². The van der Waals surface area contributed by atoms with E-state index in [1.807, 2.05) is 19.9 Å². The van der Waals surface area contributed by atoms with Gasteiger partial charge in [0.15, 0.2) is 0 Å². The fraction of sp³-hybridized carbons (Fsp3) is 0.643. The zero-order valence-electron chi connectivity index (χ0n) is 11.0. The summed E-state index contributed by atoms with van der Waals surface area (Å²) in [5, 5.41) is 12.9. The minimum Gasteiger partial charge on any atom is -0.466 e. The fourth-order valence-corrected chi connectivity index (χ4v) is 2.28. The van der Waals surface area contributed by atoms with Crippen LogP contribution in [0, 0.1) is 19.8 Å². The maximum atomic E-state index is 11.6. The lowest BCUT2D eigenvalue weighted by Gasteiger charge is -2.24. The van der Waals surface area contributed by atoms with Crippen LogP contribution in [-0.2, 0) is 4.79 Å². The van der Waals surface area contributed by atoms with Crippen molar-refractivity contribution < 1.29 is 14.3 Å². The summed E-state index contributed by atoms with van der Waals surface area (Å²) in [6.45, 7) is 4.22. The first-order valence-corrected chi connectivity index (χ1v) is 6.60. The van der Waals surface area contributed by atoms with Crippen molar-refractivity contribution in [3.05, 3.63) is 23.2 Å². The summed E-state index contributed by atoms with van der Waals surface area (Å²) in [6.07, 6.45) is 3.14. The van der Waals surface area contributed by atoms with Crippen LogP contribution in [0.5, 0.6) is 0 Å². The number of furan rings is 1. The van der Waals surface area contributed by atoms with Gasteiger partial charge < -0.3 is 14.8 Å². The van der Waals surface area contributed by atoms with Crippen molar-refractivity contribution in [3.63, 3.8) is 0 Å². The molecule has 1 saturated carbocycles. The van der Waals surface area contributed by atoms with Gasteiger partial charge in [0.05, 0.1) is 6.10 Å². The topological polar surface area (TPSA) is 62.5 Å². The van der Waals surface area contributed by atoms with Crippen molar-refractivity contribution in [1.82, 2.24) is 5.32 Å². The SMILES string of the molecule is Cc1cc(C(O)CCNC(=O)C2CCC2)c(C)o1. The fourth-order valence-electron chi connectivity index (χ4n) is 2.28. The van der Waals surface area contributed by atoms with Crippen molar-refractivity contribution >= 4 is 5.91 Å². The second-order valence-corrected chi connectivity index (χ2v) is 5.09. The normalized spacial score (nSPS) is 17.3. The average Bonchev–Trinajstić information content (AvgIpc) is 2.55. The summed E-state index contributed by atoms with van der Waals surface area (Å²) in [4.78, 5) is 11.6. The third kappa shape index (κ3) is 2.93. The van der Waals surface area contributed by atoms with Gasteiger partial charge in [-0.05, 0) is 39.2 Å². The van der Waals surface area contributed by atoms with Gasteiger partial charge in [0.25, 0.3) is 0 Å². The number of hydrogen-bond donors (Lipinski definition) is 2. The number of carbonyl (C=O) groups excluding carboxylic acids is 1. The zero-order chi connectivity index (χ0) is 13.1. The Bertz CT molecular complexity index is 421.